The van der Waals surface area contributed by atoms with Gasteiger partial charge in [0, 0.05) is 5.56 Å². The van der Waals surface area contributed by atoms with Gasteiger partial charge in [-0.2, -0.15) is 0 Å². The van der Waals surface area contributed by atoms with Crippen LogP contribution in [-0.4, -0.2) is 18.2 Å². The van der Waals surface area contributed by atoms with Gasteiger partial charge in [0.05, 0.1) is 7.11 Å². The zero-order valence-electron chi connectivity index (χ0n) is 15.5. The Kier molecular flexibility index (Phi) is 6.03. The first-order chi connectivity index (χ1) is 12.5. The summed E-state index contributed by atoms with van der Waals surface area (Å²) >= 11 is 0. The lowest BCUT2D eigenvalue weighted by Crippen LogP contribution is -2.08. The number of rotatable bonds is 4. The van der Waals surface area contributed by atoms with E-state index in [2.05, 4.69) is 5.92 Å². The maximum absolute atomic E-state index is 12.0. The Morgan fingerprint density at radius 3 is 2.35 bits per heavy atom. The van der Waals surface area contributed by atoms with E-state index < -0.39 is 5.97 Å². The van der Waals surface area contributed by atoms with Crippen molar-refractivity contribution in [2.24, 2.45) is 0 Å². The number of aryl methyl sites for hydroxylation is 1. The molecule has 26 heavy (non-hydrogen) atoms. The summed E-state index contributed by atoms with van der Waals surface area (Å²) in [6.07, 6.45) is 7.43. The largest absolute Gasteiger partial charge is 0.506 e. The lowest BCUT2D eigenvalue weighted by Gasteiger charge is -2.19. The van der Waals surface area contributed by atoms with Crippen LogP contribution in [0.5, 0.6) is 0 Å². The number of hydrogen-bond donors (Lipinski definition) is 1. The van der Waals surface area contributed by atoms with Crippen LogP contribution in [0, 0.1) is 19.3 Å². The van der Waals surface area contributed by atoms with E-state index in [-0.39, 0.29) is 11.3 Å². The Bertz CT molecular complexity index is 926. The Balaban J connectivity index is 2.92. The predicted octanol–water partition coefficient (Wildman–Crippen LogP) is 5.16. The highest BCUT2D eigenvalue weighted by Crippen LogP contribution is 2.37. The third kappa shape index (κ3) is 3.55. The number of carbonyl (C=O) groups excluding carboxylic acids is 1. The molecule has 0 amide bonds. The second-order valence-electron chi connectivity index (χ2n) is 5.88. The first kappa shape index (κ1) is 19.1. The molecule has 0 saturated carbocycles. The minimum atomic E-state index is -0.737. The van der Waals surface area contributed by atoms with E-state index in [4.69, 9.17) is 11.2 Å². The van der Waals surface area contributed by atoms with Crippen LogP contribution in [0.1, 0.15) is 30.5 Å². The molecule has 3 heteroatoms. The van der Waals surface area contributed by atoms with Gasteiger partial charge in [0.1, 0.15) is 5.76 Å². The number of ether oxygens (including phenoxy) is 1. The number of terminal acetylenes is 1. The van der Waals surface area contributed by atoms with Gasteiger partial charge in [-0.15, -0.1) is 6.42 Å². The quantitative estimate of drug-likeness (QED) is 0.360. The number of esters is 1. The maximum atomic E-state index is 12.0. The molecule has 0 fully saturated rings. The van der Waals surface area contributed by atoms with Crippen molar-refractivity contribution in [3.05, 3.63) is 70.8 Å². The number of aliphatic hydroxyl groups is 1. The highest BCUT2D eigenvalue weighted by atomic mass is 16.5. The van der Waals surface area contributed by atoms with Crippen molar-refractivity contribution in [3.63, 3.8) is 0 Å². The summed E-state index contributed by atoms with van der Waals surface area (Å²) in [4.78, 5) is 12.0. The van der Waals surface area contributed by atoms with Gasteiger partial charge in [-0.1, -0.05) is 54.5 Å². The predicted molar refractivity (Wildman–Crippen MR) is 106 cm³/mol. The molecular weight excluding hydrogens is 324 g/mol. The van der Waals surface area contributed by atoms with Crippen molar-refractivity contribution in [2.45, 2.75) is 20.8 Å². The third-order valence-electron chi connectivity index (χ3n) is 4.33. The van der Waals surface area contributed by atoms with Gasteiger partial charge in [0.15, 0.2) is 5.57 Å². The molecule has 2 aromatic rings. The van der Waals surface area contributed by atoms with Crippen LogP contribution < -0.4 is 0 Å². The molecule has 3 nitrogen and oxygen atoms in total. The topological polar surface area (TPSA) is 46.5 Å². The molecule has 0 aliphatic heterocycles. The van der Waals surface area contributed by atoms with Crippen molar-refractivity contribution in [3.8, 4) is 23.5 Å². The lowest BCUT2D eigenvalue weighted by molar-refractivity contribution is -0.135. The number of benzene rings is 2. The van der Waals surface area contributed by atoms with Gasteiger partial charge in [-0.25, -0.2) is 4.79 Å². The van der Waals surface area contributed by atoms with Crippen molar-refractivity contribution in [1.82, 2.24) is 0 Å². The number of methoxy groups -OCH3 is 1. The maximum Gasteiger partial charge on any atom is 0.350 e. The van der Waals surface area contributed by atoms with Crippen LogP contribution in [0.15, 0.2) is 54.1 Å². The minimum absolute atomic E-state index is 0.189. The van der Waals surface area contributed by atoms with Crippen LogP contribution in [0.25, 0.3) is 22.5 Å². The molecule has 0 aliphatic rings. The summed E-state index contributed by atoms with van der Waals surface area (Å²) in [6.45, 7) is 5.77. The smallest absolute Gasteiger partial charge is 0.350 e. The zero-order valence-corrected chi connectivity index (χ0v) is 15.5. The molecule has 0 atom stereocenters. The summed E-state index contributed by atoms with van der Waals surface area (Å²) in [5.74, 6) is 1.28. The molecule has 0 heterocycles. The van der Waals surface area contributed by atoms with E-state index >= 15 is 0 Å². The Hall–Kier alpha value is -3.25. The molecule has 2 rings (SSSR count). The molecule has 0 unspecified atom stereocenters. The number of hydrogen-bond acceptors (Lipinski definition) is 3. The Morgan fingerprint density at radius 1 is 1.15 bits per heavy atom. The molecule has 0 aliphatic carbocycles. The molecular formula is C23H22O3. The highest BCUT2D eigenvalue weighted by molar-refractivity contribution is 6.02. The molecule has 132 valence electrons. The fourth-order valence-electron chi connectivity index (χ4n) is 2.88. The zero-order chi connectivity index (χ0) is 19.3. The molecule has 0 bridgehead atoms. The van der Waals surface area contributed by atoms with Crippen LogP contribution in [0.4, 0.5) is 0 Å². The fraction of sp³-hybridized carbons (Fsp3) is 0.174. The van der Waals surface area contributed by atoms with E-state index in [1.807, 2.05) is 69.3 Å². The van der Waals surface area contributed by atoms with Crippen LogP contribution in [0.2, 0.25) is 0 Å². The molecule has 0 radical (unpaired) electrons. The first-order valence-electron chi connectivity index (χ1n) is 8.27. The summed E-state index contributed by atoms with van der Waals surface area (Å²) in [5, 5.41) is 10.9. The monoisotopic (exact) mass is 346 g/mol. The third-order valence-corrected chi connectivity index (χ3v) is 4.33. The summed E-state index contributed by atoms with van der Waals surface area (Å²) in [5.41, 5.74) is 4.94. The van der Waals surface area contributed by atoms with E-state index in [0.29, 0.717) is 5.56 Å². The van der Waals surface area contributed by atoms with Crippen LogP contribution >= 0.6 is 0 Å². The van der Waals surface area contributed by atoms with Gasteiger partial charge < -0.3 is 9.84 Å². The van der Waals surface area contributed by atoms with E-state index in [0.717, 1.165) is 27.8 Å². The first-order valence-corrected chi connectivity index (χ1v) is 8.27. The summed E-state index contributed by atoms with van der Waals surface area (Å²) in [6, 6.07) is 13.8. The molecule has 0 aromatic heterocycles. The van der Waals surface area contributed by atoms with Gasteiger partial charge in [0.2, 0.25) is 0 Å². The van der Waals surface area contributed by atoms with Crippen molar-refractivity contribution >= 4 is 17.3 Å². The minimum Gasteiger partial charge on any atom is -0.506 e. The average Bonchev–Trinajstić information content (AvgIpc) is 2.67. The molecule has 2 aromatic carbocycles. The Labute approximate surface area is 154 Å². The average molecular weight is 346 g/mol. The SMILES string of the molecule is C#C/C(C(=O)OC)=C(/O)c1c(C)ccc(-c2ccccc2)c1/C(C)=C\C. The van der Waals surface area contributed by atoms with Gasteiger partial charge in [-0.05, 0) is 48.6 Å². The summed E-state index contributed by atoms with van der Waals surface area (Å²) in [7, 11) is 1.23. The van der Waals surface area contributed by atoms with E-state index in [1.54, 1.807) is 0 Å². The van der Waals surface area contributed by atoms with Crippen molar-refractivity contribution in [1.29, 1.82) is 0 Å². The number of carbonyl (C=O) groups is 1. The molecule has 0 spiro atoms. The second-order valence-corrected chi connectivity index (χ2v) is 5.88. The van der Waals surface area contributed by atoms with Crippen molar-refractivity contribution in [2.75, 3.05) is 7.11 Å². The molecule has 1 N–H and O–H groups in total. The molecule has 0 saturated heterocycles. The van der Waals surface area contributed by atoms with Gasteiger partial charge >= 0.3 is 5.97 Å². The second kappa shape index (κ2) is 8.22. The van der Waals surface area contributed by atoms with Crippen LogP contribution in [-0.2, 0) is 9.53 Å². The van der Waals surface area contributed by atoms with Gasteiger partial charge in [-0.3, -0.25) is 0 Å². The summed E-state index contributed by atoms with van der Waals surface area (Å²) < 4.78 is 4.71. The number of aliphatic hydroxyl groups excluding tert-OH is 1. The lowest BCUT2D eigenvalue weighted by atomic mass is 9.86. The fourth-order valence-corrected chi connectivity index (χ4v) is 2.88. The van der Waals surface area contributed by atoms with E-state index in [9.17, 15) is 9.90 Å². The highest BCUT2D eigenvalue weighted by Gasteiger charge is 2.22. The van der Waals surface area contributed by atoms with Crippen molar-refractivity contribution < 1.29 is 14.6 Å². The van der Waals surface area contributed by atoms with Crippen LogP contribution in [0.3, 0.4) is 0 Å². The van der Waals surface area contributed by atoms with Gasteiger partial charge in [0.25, 0.3) is 0 Å². The standard InChI is InChI=1S/C23H22O3/c1-6-15(3)20-19(17-11-9-8-10-12-17)14-13-16(4)21(20)22(24)18(7-2)23(25)26-5/h2,6,8-14,24H,1,3-5H3/b15-6-,22-18-. The normalized spacial score (nSPS) is 12.2. The van der Waals surface area contributed by atoms with E-state index in [1.165, 1.54) is 7.11 Å². The number of allylic oxidation sites excluding steroid dienone is 2. The Morgan fingerprint density at radius 2 is 1.81 bits per heavy atom.